The SMILES string of the molecule is CC(C)NCC(S)COc1cccc2ccccc12. The lowest BCUT2D eigenvalue weighted by Crippen LogP contribution is -2.32. The summed E-state index contributed by atoms with van der Waals surface area (Å²) >= 11 is 4.54. The second kappa shape index (κ2) is 6.83. The van der Waals surface area contributed by atoms with E-state index in [1.54, 1.807) is 0 Å². The second-order valence-corrected chi connectivity index (χ2v) is 5.74. The van der Waals surface area contributed by atoms with Crippen molar-refractivity contribution in [3.05, 3.63) is 42.5 Å². The van der Waals surface area contributed by atoms with Gasteiger partial charge in [0, 0.05) is 23.2 Å². The van der Waals surface area contributed by atoms with E-state index in [1.165, 1.54) is 5.39 Å². The van der Waals surface area contributed by atoms with E-state index in [-0.39, 0.29) is 5.25 Å². The van der Waals surface area contributed by atoms with E-state index in [0.717, 1.165) is 17.7 Å². The summed E-state index contributed by atoms with van der Waals surface area (Å²) in [5.41, 5.74) is 0. The molecule has 1 unspecified atom stereocenters. The number of hydrogen-bond acceptors (Lipinski definition) is 3. The van der Waals surface area contributed by atoms with Crippen LogP contribution in [0, 0.1) is 0 Å². The third-order valence-corrected chi connectivity index (χ3v) is 3.27. The summed E-state index contributed by atoms with van der Waals surface area (Å²) in [4.78, 5) is 0. The third-order valence-electron chi connectivity index (χ3n) is 2.94. The van der Waals surface area contributed by atoms with Gasteiger partial charge in [-0.3, -0.25) is 0 Å². The molecule has 0 fully saturated rings. The Morgan fingerprint density at radius 2 is 1.84 bits per heavy atom. The van der Waals surface area contributed by atoms with Gasteiger partial charge in [0.1, 0.15) is 12.4 Å². The number of fused-ring (bicyclic) bond motifs is 1. The summed E-state index contributed by atoms with van der Waals surface area (Å²) < 4.78 is 5.90. The highest BCUT2D eigenvalue weighted by molar-refractivity contribution is 7.81. The van der Waals surface area contributed by atoms with Gasteiger partial charge in [-0.25, -0.2) is 0 Å². The first-order valence-electron chi connectivity index (χ1n) is 6.69. The molecule has 0 aliphatic heterocycles. The zero-order valence-electron chi connectivity index (χ0n) is 11.5. The van der Waals surface area contributed by atoms with Crippen LogP contribution in [0.15, 0.2) is 42.5 Å². The van der Waals surface area contributed by atoms with E-state index in [1.807, 2.05) is 24.3 Å². The minimum Gasteiger partial charge on any atom is -0.492 e. The van der Waals surface area contributed by atoms with Gasteiger partial charge in [0.2, 0.25) is 0 Å². The predicted octanol–water partition coefficient (Wildman–Crippen LogP) is 3.52. The molecule has 2 aromatic rings. The molecule has 0 aliphatic rings. The molecule has 0 aromatic heterocycles. The fourth-order valence-corrected chi connectivity index (χ4v) is 2.12. The Balaban J connectivity index is 1.98. The molecule has 1 N–H and O–H groups in total. The lowest BCUT2D eigenvalue weighted by atomic mass is 10.1. The first-order valence-corrected chi connectivity index (χ1v) is 7.20. The van der Waals surface area contributed by atoms with Crippen molar-refractivity contribution in [2.24, 2.45) is 0 Å². The summed E-state index contributed by atoms with van der Waals surface area (Å²) in [6.07, 6.45) is 0. The van der Waals surface area contributed by atoms with Gasteiger partial charge in [-0.05, 0) is 11.5 Å². The maximum Gasteiger partial charge on any atom is 0.127 e. The lowest BCUT2D eigenvalue weighted by Gasteiger charge is -2.16. The van der Waals surface area contributed by atoms with E-state index >= 15 is 0 Å². The van der Waals surface area contributed by atoms with E-state index < -0.39 is 0 Å². The molecule has 0 spiro atoms. The summed E-state index contributed by atoms with van der Waals surface area (Å²) in [6, 6.07) is 14.9. The molecule has 19 heavy (non-hydrogen) atoms. The molecular weight excluding hydrogens is 254 g/mol. The Bertz CT molecular complexity index is 522. The van der Waals surface area contributed by atoms with Crippen molar-refractivity contribution in [3.63, 3.8) is 0 Å². The fourth-order valence-electron chi connectivity index (χ4n) is 1.94. The minimum absolute atomic E-state index is 0.196. The molecule has 0 heterocycles. The number of hydrogen-bond donors (Lipinski definition) is 2. The van der Waals surface area contributed by atoms with Crippen LogP contribution in [0.1, 0.15) is 13.8 Å². The summed E-state index contributed by atoms with van der Waals surface area (Å²) in [7, 11) is 0. The van der Waals surface area contributed by atoms with Gasteiger partial charge in [-0.15, -0.1) is 0 Å². The standard InChI is InChI=1S/C16H21NOS/c1-12(2)17-10-14(19)11-18-16-9-5-7-13-6-3-4-8-15(13)16/h3-9,12,14,17,19H,10-11H2,1-2H3. The lowest BCUT2D eigenvalue weighted by molar-refractivity contribution is 0.316. The van der Waals surface area contributed by atoms with Crippen LogP contribution in [-0.2, 0) is 0 Å². The van der Waals surface area contributed by atoms with Crippen molar-refractivity contribution in [2.45, 2.75) is 25.1 Å². The van der Waals surface area contributed by atoms with E-state index in [9.17, 15) is 0 Å². The zero-order valence-corrected chi connectivity index (χ0v) is 12.4. The van der Waals surface area contributed by atoms with Crippen molar-refractivity contribution in [1.29, 1.82) is 0 Å². The van der Waals surface area contributed by atoms with Gasteiger partial charge in [0.25, 0.3) is 0 Å². The van der Waals surface area contributed by atoms with Gasteiger partial charge < -0.3 is 10.1 Å². The van der Waals surface area contributed by atoms with Gasteiger partial charge in [-0.2, -0.15) is 12.6 Å². The molecule has 2 nitrogen and oxygen atoms in total. The summed E-state index contributed by atoms with van der Waals surface area (Å²) in [5.74, 6) is 0.932. The van der Waals surface area contributed by atoms with Crippen LogP contribution >= 0.6 is 12.6 Å². The van der Waals surface area contributed by atoms with E-state index in [2.05, 4.69) is 50.0 Å². The Morgan fingerprint density at radius 1 is 1.11 bits per heavy atom. The average molecular weight is 275 g/mol. The second-order valence-electron chi connectivity index (χ2n) is 5.01. The number of ether oxygens (including phenoxy) is 1. The molecule has 0 radical (unpaired) electrons. The molecule has 2 aromatic carbocycles. The van der Waals surface area contributed by atoms with Crippen LogP contribution < -0.4 is 10.1 Å². The van der Waals surface area contributed by atoms with Crippen LogP contribution in [0.5, 0.6) is 5.75 Å². The number of thiol groups is 1. The first kappa shape index (κ1) is 14.2. The highest BCUT2D eigenvalue weighted by atomic mass is 32.1. The zero-order chi connectivity index (χ0) is 13.7. The first-order chi connectivity index (χ1) is 9.16. The smallest absolute Gasteiger partial charge is 0.127 e. The van der Waals surface area contributed by atoms with E-state index in [0.29, 0.717) is 12.6 Å². The molecular formula is C16H21NOS. The van der Waals surface area contributed by atoms with Crippen molar-refractivity contribution >= 4 is 23.4 Å². The normalized spacial score (nSPS) is 12.8. The van der Waals surface area contributed by atoms with Gasteiger partial charge in [0.05, 0.1) is 0 Å². The molecule has 3 heteroatoms. The molecule has 0 saturated carbocycles. The minimum atomic E-state index is 0.196. The highest BCUT2D eigenvalue weighted by Crippen LogP contribution is 2.25. The van der Waals surface area contributed by atoms with Gasteiger partial charge in [-0.1, -0.05) is 50.2 Å². The summed E-state index contributed by atoms with van der Waals surface area (Å²) in [6.45, 7) is 5.72. The maximum atomic E-state index is 5.90. The van der Waals surface area contributed by atoms with Crippen LogP contribution in [0.2, 0.25) is 0 Å². The predicted molar refractivity (Wildman–Crippen MR) is 85.4 cm³/mol. The van der Waals surface area contributed by atoms with Gasteiger partial charge >= 0.3 is 0 Å². The fraction of sp³-hybridized carbons (Fsp3) is 0.375. The third kappa shape index (κ3) is 4.15. The summed E-state index contributed by atoms with van der Waals surface area (Å²) in [5, 5.41) is 5.92. The Labute approximate surface area is 120 Å². The van der Waals surface area contributed by atoms with Crippen molar-refractivity contribution in [3.8, 4) is 5.75 Å². The molecule has 102 valence electrons. The largest absolute Gasteiger partial charge is 0.492 e. The molecule has 2 rings (SSSR count). The Morgan fingerprint density at radius 3 is 2.63 bits per heavy atom. The van der Waals surface area contributed by atoms with Crippen LogP contribution in [0.25, 0.3) is 10.8 Å². The van der Waals surface area contributed by atoms with Gasteiger partial charge in [0.15, 0.2) is 0 Å². The number of nitrogens with one attached hydrogen (secondary N) is 1. The molecule has 0 bridgehead atoms. The monoisotopic (exact) mass is 275 g/mol. The topological polar surface area (TPSA) is 21.3 Å². The average Bonchev–Trinajstić information content (AvgIpc) is 2.42. The van der Waals surface area contributed by atoms with Crippen molar-refractivity contribution < 1.29 is 4.74 Å². The molecule has 0 saturated heterocycles. The van der Waals surface area contributed by atoms with E-state index in [4.69, 9.17) is 4.74 Å². The van der Waals surface area contributed by atoms with Crippen LogP contribution in [0.3, 0.4) is 0 Å². The Kier molecular flexibility index (Phi) is 5.11. The van der Waals surface area contributed by atoms with Crippen LogP contribution in [-0.4, -0.2) is 24.4 Å². The highest BCUT2D eigenvalue weighted by Gasteiger charge is 2.07. The van der Waals surface area contributed by atoms with Crippen molar-refractivity contribution in [1.82, 2.24) is 5.32 Å². The molecule has 0 aliphatic carbocycles. The molecule has 1 atom stereocenters. The number of rotatable bonds is 6. The molecule has 0 amide bonds. The maximum absolute atomic E-state index is 5.90. The quantitative estimate of drug-likeness (QED) is 0.787. The number of benzene rings is 2. The Hall–Kier alpha value is -1.19. The van der Waals surface area contributed by atoms with Crippen LogP contribution in [0.4, 0.5) is 0 Å². The van der Waals surface area contributed by atoms with Crippen molar-refractivity contribution in [2.75, 3.05) is 13.2 Å².